The van der Waals surface area contributed by atoms with Gasteiger partial charge in [-0.2, -0.15) is 0 Å². The molecule has 3 aliphatic heterocycles. The molecule has 0 bridgehead atoms. The van der Waals surface area contributed by atoms with Crippen LogP contribution in [0, 0.1) is 23.7 Å². The third-order valence-electron chi connectivity index (χ3n) is 11.3. The Kier molecular flexibility index (Phi) is 15.0. The van der Waals surface area contributed by atoms with Gasteiger partial charge in [0.15, 0.2) is 23.8 Å². The Morgan fingerprint density at radius 3 is 2.19 bits per heavy atom. The van der Waals surface area contributed by atoms with Gasteiger partial charge < -0.3 is 33.3 Å². The maximum atomic E-state index is 14.5. The van der Waals surface area contributed by atoms with Crippen LogP contribution in [0.15, 0.2) is 0 Å². The predicted molar refractivity (Wildman–Crippen MR) is 192 cm³/mol. The van der Waals surface area contributed by atoms with Crippen molar-refractivity contribution < 1.29 is 57.2 Å². The molecule has 3 heterocycles. The summed E-state index contributed by atoms with van der Waals surface area (Å²) in [5, 5.41) is 1.05. The van der Waals surface area contributed by atoms with Gasteiger partial charge in [-0.25, -0.2) is 9.80 Å². The average Bonchev–Trinajstić information content (AvgIpc) is 3.35. The second kappa shape index (κ2) is 18.0. The molecule has 15 nitrogen and oxygen atoms in total. The van der Waals surface area contributed by atoms with Crippen molar-refractivity contribution in [3.05, 3.63) is 0 Å². The maximum Gasteiger partial charge on any atom is 0.429 e. The number of esters is 2. The van der Waals surface area contributed by atoms with Gasteiger partial charge in [0.25, 0.3) is 0 Å². The van der Waals surface area contributed by atoms with Crippen LogP contribution in [0.1, 0.15) is 108 Å². The fourth-order valence-electron chi connectivity index (χ4n) is 8.32. The average molecular weight is 754 g/mol. The lowest BCUT2D eigenvalue weighted by atomic mass is 9.73. The fourth-order valence-corrected chi connectivity index (χ4v) is 8.32. The first-order chi connectivity index (χ1) is 24.7. The van der Waals surface area contributed by atoms with E-state index < -0.39 is 95.2 Å². The number of unbranched alkanes of at least 4 members (excludes halogenated alkanes) is 1. The second-order valence-corrected chi connectivity index (χ2v) is 15.8. The molecule has 0 aromatic rings. The van der Waals surface area contributed by atoms with Crippen LogP contribution in [-0.4, -0.2) is 121 Å². The lowest BCUT2D eigenvalue weighted by molar-refractivity contribution is -0.298. The number of rotatable bonds is 10. The molecule has 2 amide bonds. The number of hydrazine groups is 1. The molecule has 0 aromatic heterocycles. The molecule has 0 saturated carbocycles. The Bertz CT molecular complexity index is 1360. The molecule has 13 atom stereocenters. The minimum absolute atomic E-state index is 0.0453. The number of nitrogens with one attached hydrogen (secondary N) is 1. The van der Waals surface area contributed by atoms with E-state index in [1.54, 1.807) is 41.5 Å². The van der Waals surface area contributed by atoms with Gasteiger partial charge in [0.05, 0.1) is 23.9 Å². The van der Waals surface area contributed by atoms with Gasteiger partial charge in [-0.15, -0.1) is 0 Å². The van der Waals surface area contributed by atoms with Crippen LogP contribution < -0.4 is 5.43 Å². The number of Topliss-reactive ketones (excluding diaryl/α,β-unsaturated/α-hetero) is 2. The molecule has 0 aliphatic carbocycles. The molecule has 0 unspecified atom stereocenters. The third-order valence-corrected chi connectivity index (χ3v) is 11.3. The summed E-state index contributed by atoms with van der Waals surface area (Å²) in [5.74, 6) is -6.60. The highest BCUT2D eigenvalue weighted by Gasteiger charge is 2.61. The number of methoxy groups -OCH3 is 1. The lowest BCUT2D eigenvalue weighted by Crippen LogP contribution is -2.62. The van der Waals surface area contributed by atoms with Crippen LogP contribution in [0.25, 0.3) is 0 Å². The summed E-state index contributed by atoms with van der Waals surface area (Å²) < 4.78 is 36.8. The van der Waals surface area contributed by atoms with Crippen LogP contribution >= 0.6 is 0 Å². The van der Waals surface area contributed by atoms with Crippen LogP contribution in [0.3, 0.4) is 0 Å². The number of likely N-dealkylation sites (N-methyl/N-ethyl adjacent to an activating group) is 1. The molecular formula is C38H63N3O12. The monoisotopic (exact) mass is 753 g/mol. The number of carbonyl (C=O) groups is 6. The molecule has 0 radical (unpaired) electrons. The Balaban J connectivity index is 2.16. The van der Waals surface area contributed by atoms with E-state index in [1.165, 1.54) is 21.0 Å². The molecule has 3 fully saturated rings. The summed E-state index contributed by atoms with van der Waals surface area (Å²) in [7, 11) is 5.17. The fraction of sp³-hybridized carbons (Fsp3) is 0.842. The number of amides is 2. The molecule has 3 aliphatic rings. The summed E-state index contributed by atoms with van der Waals surface area (Å²) in [5.41, 5.74) is -0.269. The molecule has 3 rings (SSSR count). The molecule has 15 heteroatoms. The Hall–Kier alpha value is -3.14. The van der Waals surface area contributed by atoms with Gasteiger partial charge >= 0.3 is 18.0 Å². The van der Waals surface area contributed by atoms with E-state index in [4.69, 9.17) is 28.4 Å². The molecule has 0 spiro atoms. The van der Waals surface area contributed by atoms with Crippen molar-refractivity contribution in [2.24, 2.45) is 23.7 Å². The summed E-state index contributed by atoms with van der Waals surface area (Å²) in [6, 6.07) is -1.37. The molecule has 0 aromatic carbocycles. The van der Waals surface area contributed by atoms with Crippen LogP contribution in [-0.2, 0) is 52.4 Å². The number of ketones is 2. The first-order valence-corrected chi connectivity index (χ1v) is 19.0. The van der Waals surface area contributed by atoms with Gasteiger partial charge in [0.2, 0.25) is 5.91 Å². The molecule has 302 valence electrons. The van der Waals surface area contributed by atoms with E-state index in [-0.39, 0.29) is 37.2 Å². The second-order valence-electron chi connectivity index (χ2n) is 15.8. The van der Waals surface area contributed by atoms with Crippen LogP contribution in [0.5, 0.6) is 0 Å². The normalized spacial score (nSPS) is 38.8. The van der Waals surface area contributed by atoms with Crippen molar-refractivity contribution in [2.45, 2.75) is 162 Å². The number of cyclic esters (lactones) is 1. The molecular weight excluding hydrogens is 690 g/mol. The summed E-state index contributed by atoms with van der Waals surface area (Å²) in [4.78, 5) is 83.4. The zero-order valence-electron chi connectivity index (χ0n) is 33.9. The Morgan fingerprint density at radius 2 is 1.64 bits per heavy atom. The topological polar surface area (TPSA) is 176 Å². The van der Waals surface area contributed by atoms with Crippen molar-refractivity contribution in [3.8, 4) is 0 Å². The van der Waals surface area contributed by atoms with Crippen molar-refractivity contribution >= 4 is 35.5 Å². The van der Waals surface area contributed by atoms with E-state index in [9.17, 15) is 28.8 Å². The van der Waals surface area contributed by atoms with E-state index in [0.29, 0.717) is 12.8 Å². The standard InChI is InChI=1S/C38H63N3O12/c1-14-16-17-28(43)39-41-32-22(5)29(44)20(3)19-37(9,48-13)33(52-35-31(50-25(8)42)26(40(11)12)18-21(4)49-35)23(6)30(45)24(7)34(46)51-27(15-2)38(32,10)53-36(41)47/h20-24,26-27,31-33,35H,14-19H2,1-13H3,(H,39,43)/t20-,21-,22+,23+,24-,26+,27-,31-,32-,33-,35+,37-,38-/m1/s1. The Morgan fingerprint density at radius 1 is 1.00 bits per heavy atom. The van der Waals surface area contributed by atoms with E-state index in [1.807, 2.05) is 32.8 Å². The highest BCUT2D eigenvalue weighted by molar-refractivity contribution is 6.00. The van der Waals surface area contributed by atoms with Gasteiger partial charge in [-0.05, 0) is 67.5 Å². The Labute approximate surface area is 314 Å². The number of hydrogen-bond donors (Lipinski definition) is 1. The third kappa shape index (κ3) is 9.57. The van der Waals surface area contributed by atoms with Gasteiger partial charge in [-0.1, -0.05) is 41.0 Å². The van der Waals surface area contributed by atoms with E-state index in [0.717, 1.165) is 11.4 Å². The summed E-state index contributed by atoms with van der Waals surface area (Å²) >= 11 is 0. The van der Waals surface area contributed by atoms with Crippen LogP contribution in [0.4, 0.5) is 4.79 Å². The zero-order valence-corrected chi connectivity index (χ0v) is 33.9. The van der Waals surface area contributed by atoms with Gasteiger partial charge in [0.1, 0.15) is 23.8 Å². The maximum absolute atomic E-state index is 14.5. The van der Waals surface area contributed by atoms with Crippen molar-refractivity contribution in [1.82, 2.24) is 15.3 Å². The molecule has 53 heavy (non-hydrogen) atoms. The predicted octanol–water partition coefficient (Wildman–Crippen LogP) is 3.98. The summed E-state index contributed by atoms with van der Waals surface area (Å²) in [6.07, 6.45) is -3.15. The SMILES string of the molecule is CCCCC(=O)NN1C(=O)O[C@]2(C)[C@@H](CC)OC(=O)[C@H](C)C(=O)[C@H](C)[C@@H](O[C@@H]3O[C@H](C)C[C@H](N(C)C)[C@H]3OC(C)=O)[C@](C)(OC)C[C@@H](C)C(=O)[C@H](C)[C@@H]12. The largest absolute Gasteiger partial charge is 0.457 e. The van der Waals surface area contributed by atoms with Crippen molar-refractivity contribution in [3.63, 3.8) is 0 Å². The smallest absolute Gasteiger partial charge is 0.429 e. The first kappa shape index (κ1) is 44.3. The molecule has 1 N–H and O–H groups in total. The number of ether oxygens (including phenoxy) is 6. The highest BCUT2D eigenvalue weighted by atomic mass is 16.7. The number of hydrogen-bond acceptors (Lipinski definition) is 13. The number of fused-ring (bicyclic) bond motifs is 1. The highest BCUT2D eigenvalue weighted by Crippen LogP contribution is 2.42. The zero-order chi connectivity index (χ0) is 40.2. The van der Waals surface area contributed by atoms with Gasteiger partial charge in [-0.3, -0.25) is 29.4 Å². The minimum Gasteiger partial charge on any atom is -0.457 e. The lowest BCUT2D eigenvalue weighted by Gasteiger charge is -2.47. The molecule has 3 saturated heterocycles. The van der Waals surface area contributed by atoms with Gasteiger partial charge in [0, 0.05) is 38.2 Å². The first-order valence-electron chi connectivity index (χ1n) is 19.0. The van der Waals surface area contributed by atoms with Crippen LogP contribution in [0.2, 0.25) is 0 Å². The van der Waals surface area contributed by atoms with E-state index >= 15 is 0 Å². The quantitative estimate of drug-likeness (QED) is 0.193. The number of nitrogens with zero attached hydrogens (tertiary/aromatic N) is 2. The van der Waals surface area contributed by atoms with Crippen molar-refractivity contribution in [2.75, 3.05) is 21.2 Å². The van der Waals surface area contributed by atoms with E-state index in [2.05, 4.69) is 5.43 Å². The van der Waals surface area contributed by atoms with Crippen molar-refractivity contribution in [1.29, 1.82) is 0 Å². The minimum atomic E-state index is -1.58. The summed E-state index contributed by atoms with van der Waals surface area (Å²) in [6.45, 7) is 16.6. The number of carbonyl (C=O) groups excluding carboxylic acids is 6.